The van der Waals surface area contributed by atoms with Crippen LogP contribution in [0.15, 0.2) is 42.3 Å². The van der Waals surface area contributed by atoms with Crippen LogP contribution in [0.4, 0.5) is 0 Å². The minimum absolute atomic E-state index is 0.116. The van der Waals surface area contributed by atoms with Gasteiger partial charge in [0.2, 0.25) is 0 Å². The van der Waals surface area contributed by atoms with E-state index in [4.69, 9.17) is 0 Å². The molecule has 5 rings (SSSR count). The quantitative estimate of drug-likeness (QED) is 0.463. The number of hydrogen-bond acceptors (Lipinski definition) is 3. The molecule has 0 amide bonds. The van der Waals surface area contributed by atoms with Crippen LogP contribution in [-0.2, 0) is 0 Å². The first-order valence-corrected chi connectivity index (χ1v) is 12.3. The summed E-state index contributed by atoms with van der Waals surface area (Å²) in [4.78, 5) is 0. The van der Waals surface area contributed by atoms with Crippen LogP contribution in [-0.4, -0.2) is 21.4 Å². The van der Waals surface area contributed by atoms with Crippen LogP contribution < -0.4 is 0 Å². The van der Waals surface area contributed by atoms with Crippen LogP contribution in [0.5, 0.6) is 0 Å². The Bertz CT molecular complexity index is 933. The molecule has 7 atom stereocenters. The topological polar surface area (TPSA) is 46.0 Å². The molecule has 1 N–H and O–H groups in total. The van der Waals surface area contributed by atoms with E-state index in [2.05, 4.69) is 55.8 Å². The van der Waals surface area contributed by atoms with Gasteiger partial charge in [-0.1, -0.05) is 49.8 Å². The molecule has 1 heterocycles. The Morgan fingerprint density at radius 3 is 2.71 bits per heavy atom. The van der Waals surface area contributed by atoms with E-state index in [-0.39, 0.29) is 6.10 Å². The van der Waals surface area contributed by atoms with Crippen LogP contribution in [0, 0.1) is 41.4 Å². The monoisotopic (exact) mass is 418 g/mol. The average Bonchev–Trinajstić information content (AvgIpc) is 3.11. The summed E-state index contributed by atoms with van der Waals surface area (Å²) in [5.41, 5.74) is 5.84. The molecule has 3 saturated carbocycles. The predicted molar refractivity (Wildman–Crippen MR) is 126 cm³/mol. The van der Waals surface area contributed by atoms with Gasteiger partial charge < -0.3 is 5.11 Å². The lowest BCUT2D eigenvalue weighted by Gasteiger charge is -2.58. The summed E-state index contributed by atoms with van der Waals surface area (Å²) in [5.74, 6) is 2.98. The maximum Gasteiger partial charge on any atom is 0.0577 e. The van der Waals surface area contributed by atoms with Gasteiger partial charge in [-0.25, -0.2) is 0 Å². The van der Waals surface area contributed by atoms with Gasteiger partial charge in [0, 0.05) is 0 Å². The summed E-state index contributed by atoms with van der Waals surface area (Å²) < 4.78 is 0. The Kier molecular flexibility index (Phi) is 5.24. The van der Waals surface area contributed by atoms with Gasteiger partial charge in [-0.05, 0) is 104 Å². The normalized spacial score (nSPS) is 41.9. The molecule has 0 saturated heterocycles. The van der Waals surface area contributed by atoms with E-state index in [1.54, 1.807) is 5.57 Å². The zero-order chi connectivity index (χ0) is 21.8. The van der Waals surface area contributed by atoms with Gasteiger partial charge in [-0.15, -0.1) is 0 Å². The highest BCUT2D eigenvalue weighted by Crippen LogP contribution is 2.67. The van der Waals surface area contributed by atoms with Gasteiger partial charge in [0.05, 0.1) is 18.5 Å². The molecule has 1 aromatic heterocycles. The zero-order valence-corrected chi connectivity index (χ0v) is 19.5. The molecule has 3 nitrogen and oxygen atoms in total. The number of nitrogens with zero attached hydrogens (tertiary/aromatic N) is 2. The minimum Gasteiger partial charge on any atom is -0.393 e. The fourth-order valence-corrected chi connectivity index (χ4v) is 8.13. The fourth-order valence-electron chi connectivity index (χ4n) is 8.13. The SMILES string of the molecule is C=C(/C=C\c1cnncc1C)[C@H]1CC[C@H]2[C@@H]3CC=C4C[C@@H](O)CC[C@]4(C)[C@H]3CC[C@]12C. The third-order valence-corrected chi connectivity index (χ3v) is 9.97. The summed E-state index contributed by atoms with van der Waals surface area (Å²) in [5, 5.41) is 18.2. The van der Waals surface area contributed by atoms with Crippen molar-refractivity contribution in [2.24, 2.45) is 34.5 Å². The van der Waals surface area contributed by atoms with Crippen LogP contribution in [0.1, 0.15) is 76.3 Å². The fraction of sp³-hybridized carbons (Fsp3) is 0.643. The van der Waals surface area contributed by atoms with Crippen molar-refractivity contribution in [2.45, 2.75) is 78.2 Å². The number of fused-ring (bicyclic) bond motifs is 5. The molecule has 3 heteroatoms. The van der Waals surface area contributed by atoms with Crippen LogP contribution in [0.3, 0.4) is 0 Å². The molecule has 0 radical (unpaired) electrons. The molecule has 166 valence electrons. The molecule has 31 heavy (non-hydrogen) atoms. The number of hydrogen-bond donors (Lipinski definition) is 1. The first-order chi connectivity index (χ1) is 14.8. The lowest BCUT2D eigenvalue weighted by Crippen LogP contribution is -2.50. The van der Waals surface area contributed by atoms with E-state index in [1.165, 1.54) is 44.1 Å². The number of allylic oxidation sites excluding steroid dienone is 3. The van der Waals surface area contributed by atoms with E-state index in [9.17, 15) is 5.11 Å². The summed E-state index contributed by atoms with van der Waals surface area (Å²) >= 11 is 0. The molecule has 3 fully saturated rings. The molecule has 4 aliphatic carbocycles. The molecule has 0 aliphatic heterocycles. The van der Waals surface area contributed by atoms with Crippen molar-refractivity contribution in [3.8, 4) is 0 Å². The highest BCUT2D eigenvalue weighted by Gasteiger charge is 2.58. The molecular weight excluding hydrogens is 380 g/mol. The highest BCUT2D eigenvalue weighted by molar-refractivity contribution is 5.55. The number of aromatic nitrogens is 2. The summed E-state index contributed by atoms with van der Waals surface area (Å²) in [6, 6.07) is 0. The van der Waals surface area contributed by atoms with E-state index < -0.39 is 0 Å². The number of aliphatic hydroxyl groups excluding tert-OH is 1. The maximum absolute atomic E-state index is 10.2. The first kappa shape index (κ1) is 21.1. The number of aliphatic hydroxyl groups is 1. The Labute approximate surface area is 187 Å². The average molecular weight is 419 g/mol. The van der Waals surface area contributed by atoms with Gasteiger partial charge in [-0.2, -0.15) is 10.2 Å². The third-order valence-electron chi connectivity index (χ3n) is 9.97. The Morgan fingerprint density at radius 1 is 1.10 bits per heavy atom. The smallest absolute Gasteiger partial charge is 0.0577 e. The summed E-state index contributed by atoms with van der Waals surface area (Å²) in [6.45, 7) is 11.7. The van der Waals surface area contributed by atoms with Crippen LogP contribution in [0.25, 0.3) is 6.08 Å². The van der Waals surface area contributed by atoms with Gasteiger partial charge >= 0.3 is 0 Å². The third kappa shape index (κ3) is 3.35. The second kappa shape index (κ2) is 7.69. The van der Waals surface area contributed by atoms with Gasteiger partial charge in [0.15, 0.2) is 0 Å². The Balaban J connectivity index is 1.37. The van der Waals surface area contributed by atoms with Crippen molar-refractivity contribution in [3.63, 3.8) is 0 Å². The van der Waals surface area contributed by atoms with Gasteiger partial charge in [0.25, 0.3) is 0 Å². The van der Waals surface area contributed by atoms with Crippen molar-refractivity contribution in [2.75, 3.05) is 0 Å². The molecule has 0 unspecified atom stereocenters. The Morgan fingerprint density at radius 2 is 1.90 bits per heavy atom. The number of aryl methyl sites for hydroxylation is 1. The highest BCUT2D eigenvalue weighted by atomic mass is 16.3. The number of rotatable bonds is 3. The largest absolute Gasteiger partial charge is 0.393 e. The lowest BCUT2D eigenvalue weighted by molar-refractivity contribution is -0.0450. The van der Waals surface area contributed by atoms with Crippen molar-refractivity contribution in [3.05, 3.63) is 53.4 Å². The summed E-state index contributed by atoms with van der Waals surface area (Å²) in [6.07, 6.45) is 20.1. The van der Waals surface area contributed by atoms with Crippen molar-refractivity contribution < 1.29 is 5.11 Å². The standard InChI is InChI=1S/C28H38N2O/c1-18(5-6-20-17-30-29-16-19(20)2)24-9-10-25-23-8-7-21-15-22(31)11-13-27(21,3)26(23)12-14-28(24,25)4/h5-7,16-17,22-26,31H,1,8-15H2,2-4H3/b6-5-/t22-,23-,24+,25-,26-,27-,28+/m0/s1. The Hall–Kier alpha value is -1.74. The molecule has 1 aromatic rings. The first-order valence-electron chi connectivity index (χ1n) is 12.3. The van der Waals surface area contributed by atoms with Gasteiger partial charge in [0.1, 0.15) is 0 Å². The second-order valence-electron chi connectivity index (χ2n) is 11.4. The second-order valence-corrected chi connectivity index (χ2v) is 11.4. The maximum atomic E-state index is 10.2. The van der Waals surface area contributed by atoms with Crippen molar-refractivity contribution in [1.29, 1.82) is 0 Å². The lowest BCUT2D eigenvalue weighted by atomic mass is 9.47. The predicted octanol–water partition coefficient (Wildman–Crippen LogP) is 6.29. The van der Waals surface area contributed by atoms with Gasteiger partial charge in [-0.3, -0.25) is 0 Å². The van der Waals surface area contributed by atoms with E-state index >= 15 is 0 Å². The molecule has 4 aliphatic rings. The van der Waals surface area contributed by atoms with E-state index in [0.717, 1.165) is 41.7 Å². The molecular formula is C28H38N2O. The molecule has 0 aromatic carbocycles. The van der Waals surface area contributed by atoms with E-state index in [0.29, 0.717) is 16.7 Å². The van der Waals surface area contributed by atoms with Crippen molar-refractivity contribution >= 4 is 6.08 Å². The van der Waals surface area contributed by atoms with Crippen molar-refractivity contribution in [1.82, 2.24) is 10.2 Å². The molecule has 0 bridgehead atoms. The van der Waals surface area contributed by atoms with E-state index in [1.807, 2.05) is 12.4 Å². The summed E-state index contributed by atoms with van der Waals surface area (Å²) in [7, 11) is 0. The van der Waals surface area contributed by atoms with Crippen LogP contribution in [0.2, 0.25) is 0 Å². The molecule has 0 spiro atoms. The minimum atomic E-state index is -0.116. The van der Waals surface area contributed by atoms with Crippen LogP contribution >= 0.6 is 0 Å². The zero-order valence-electron chi connectivity index (χ0n) is 19.5.